The van der Waals surface area contributed by atoms with Gasteiger partial charge >= 0.3 is 0 Å². The lowest BCUT2D eigenvalue weighted by Gasteiger charge is -2.05. The van der Waals surface area contributed by atoms with Gasteiger partial charge in [-0.15, -0.1) is 22.9 Å². The molecule has 0 bridgehead atoms. The van der Waals surface area contributed by atoms with E-state index in [4.69, 9.17) is 11.6 Å². The summed E-state index contributed by atoms with van der Waals surface area (Å²) in [7, 11) is 0. The van der Waals surface area contributed by atoms with E-state index in [0.29, 0.717) is 5.88 Å². The van der Waals surface area contributed by atoms with E-state index in [1.165, 1.54) is 0 Å². The van der Waals surface area contributed by atoms with Crippen molar-refractivity contribution in [2.45, 2.75) is 5.88 Å². The van der Waals surface area contributed by atoms with Crippen LogP contribution in [0, 0.1) is 3.57 Å². The van der Waals surface area contributed by atoms with E-state index in [9.17, 15) is 4.79 Å². The molecule has 2 aromatic rings. The smallest absolute Gasteiger partial charge is 0.151 e. The number of rotatable bonds is 2. The lowest BCUT2D eigenvalue weighted by atomic mass is 10.1. The Morgan fingerprint density at radius 2 is 2.36 bits per heavy atom. The summed E-state index contributed by atoms with van der Waals surface area (Å²) in [5.41, 5.74) is 1.69. The second-order valence-corrected chi connectivity index (χ2v) is 5.19. The average molecular weight is 337 g/mol. The van der Waals surface area contributed by atoms with Gasteiger partial charge in [-0.3, -0.25) is 4.79 Å². The van der Waals surface area contributed by atoms with Crippen LogP contribution in [0.3, 0.4) is 0 Å². The first-order valence-corrected chi connectivity index (χ1v) is 6.47. The normalized spacial score (nSPS) is 10.7. The highest BCUT2D eigenvalue weighted by Crippen LogP contribution is 2.30. The number of carbonyl (C=O) groups is 1. The number of halogens is 2. The molecule has 0 aliphatic heterocycles. The van der Waals surface area contributed by atoms with Crippen LogP contribution in [0.2, 0.25) is 0 Å². The molecule has 0 amide bonds. The number of aldehydes is 1. The van der Waals surface area contributed by atoms with Crippen molar-refractivity contribution in [1.29, 1.82) is 0 Å². The third-order valence-electron chi connectivity index (χ3n) is 2.09. The van der Waals surface area contributed by atoms with E-state index in [-0.39, 0.29) is 0 Å². The summed E-state index contributed by atoms with van der Waals surface area (Å²) in [6, 6.07) is 4.09. The van der Waals surface area contributed by atoms with Gasteiger partial charge in [0.1, 0.15) is 0 Å². The van der Waals surface area contributed by atoms with Gasteiger partial charge in [0.05, 0.1) is 0 Å². The van der Waals surface area contributed by atoms with Gasteiger partial charge in [0.25, 0.3) is 0 Å². The van der Waals surface area contributed by atoms with Crippen LogP contribution in [-0.2, 0) is 5.88 Å². The molecular weight excluding hydrogens is 331 g/mol. The fourth-order valence-corrected chi connectivity index (χ4v) is 3.64. The lowest BCUT2D eigenvalue weighted by Crippen LogP contribution is -1.93. The summed E-state index contributed by atoms with van der Waals surface area (Å²) >= 11 is 9.62. The number of fused-ring (bicyclic) bond motifs is 1. The molecule has 1 aromatic heterocycles. The second kappa shape index (κ2) is 4.16. The minimum Gasteiger partial charge on any atom is -0.298 e. The number of alkyl halides is 1. The zero-order valence-electron chi connectivity index (χ0n) is 7.09. The van der Waals surface area contributed by atoms with Crippen LogP contribution in [0.4, 0.5) is 0 Å². The highest BCUT2D eigenvalue weighted by atomic mass is 127. The molecule has 0 atom stereocenters. The number of thiophene rings is 1. The van der Waals surface area contributed by atoms with E-state index in [0.717, 1.165) is 31.1 Å². The minimum atomic E-state index is 0.389. The van der Waals surface area contributed by atoms with E-state index in [2.05, 4.69) is 28.7 Å². The van der Waals surface area contributed by atoms with Crippen LogP contribution < -0.4 is 0 Å². The summed E-state index contributed by atoms with van der Waals surface area (Å²) in [4.78, 5) is 11.0. The minimum absolute atomic E-state index is 0.389. The highest BCUT2D eigenvalue weighted by Gasteiger charge is 2.11. The van der Waals surface area contributed by atoms with Crippen molar-refractivity contribution in [2.75, 3.05) is 0 Å². The van der Waals surface area contributed by atoms with Crippen molar-refractivity contribution in [3.05, 3.63) is 32.2 Å². The molecule has 4 heteroatoms. The average Bonchev–Trinajstić information content (AvgIpc) is 2.62. The molecule has 14 heavy (non-hydrogen) atoms. The molecule has 0 radical (unpaired) electrons. The van der Waals surface area contributed by atoms with Gasteiger partial charge in [-0.1, -0.05) is 0 Å². The molecule has 0 N–H and O–H groups in total. The Morgan fingerprint density at radius 3 is 3.00 bits per heavy atom. The molecule has 0 unspecified atom stereocenters. The van der Waals surface area contributed by atoms with Crippen molar-refractivity contribution in [1.82, 2.24) is 0 Å². The molecule has 0 fully saturated rings. The van der Waals surface area contributed by atoms with Gasteiger partial charge in [-0.2, -0.15) is 0 Å². The predicted molar refractivity (Wildman–Crippen MR) is 69.5 cm³/mol. The monoisotopic (exact) mass is 336 g/mol. The van der Waals surface area contributed by atoms with Gasteiger partial charge in [0, 0.05) is 19.7 Å². The Kier molecular flexibility index (Phi) is 3.09. The van der Waals surface area contributed by atoms with Gasteiger partial charge in [-0.05, 0) is 51.1 Å². The maximum atomic E-state index is 11.0. The van der Waals surface area contributed by atoms with Gasteiger partial charge < -0.3 is 0 Å². The Balaban J connectivity index is 2.88. The molecule has 1 heterocycles. The molecular formula is C10H6ClIOS. The zero-order chi connectivity index (χ0) is 10.1. The first-order valence-electron chi connectivity index (χ1n) is 3.97. The predicted octanol–water partition coefficient (Wildman–Crippen LogP) is 4.06. The molecule has 0 aliphatic carbocycles. The van der Waals surface area contributed by atoms with Crippen LogP contribution in [-0.4, -0.2) is 6.29 Å². The number of carbonyl (C=O) groups excluding carboxylic acids is 1. The fraction of sp³-hybridized carbons (Fsp3) is 0.100. The van der Waals surface area contributed by atoms with Crippen molar-refractivity contribution in [3.8, 4) is 0 Å². The van der Waals surface area contributed by atoms with Crippen LogP contribution >= 0.6 is 45.5 Å². The molecule has 72 valence electrons. The maximum Gasteiger partial charge on any atom is 0.151 e. The molecule has 0 saturated heterocycles. The first kappa shape index (κ1) is 10.4. The van der Waals surface area contributed by atoms with Crippen molar-refractivity contribution >= 4 is 61.9 Å². The summed E-state index contributed by atoms with van der Waals surface area (Å²) in [6.07, 6.45) is 0.901. The Morgan fingerprint density at radius 1 is 1.57 bits per heavy atom. The van der Waals surface area contributed by atoms with Crippen molar-refractivity contribution in [2.24, 2.45) is 0 Å². The lowest BCUT2D eigenvalue weighted by molar-refractivity contribution is 0.112. The Hall–Kier alpha value is -0.130. The summed E-state index contributed by atoms with van der Waals surface area (Å²) in [5, 5.41) is 3.11. The Labute approximate surface area is 104 Å². The molecule has 0 spiro atoms. The number of hydrogen-bond acceptors (Lipinski definition) is 2. The second-order valence-electron chi connectivity index (χ2n) is 2.84. The van der Waals surface area contributed by atoms with E-state index >= 15 is 0 Å². The summed E-state index contributed by atoms with van der Waals surface area (Å²) < 4.78 is 2.10. The number of hydrogen-bond donors (Lipinski definition) is 0. The molecule has 0 saturated carbocycles. The third-order valence-corrected chi connectivity index (χ3v) is 4.28. The standard InChI is InChI=1S/C10H6ClIOS/c11-4-7-8(5-13)10-6(1-2-14-10)3-9(7)12/h1-3,5H,4H2. The van der Waals surface area contributed by atoms with E-state index in [1.807, 2.05) is 11.4 Å². The van der Waals surface area contributed by atoms with Crippen LogP contribution in [0.15, 0.2) is 17.5 Å². The quantitative estimate of drug-likeness (QED) is 0.459. The first-order chi connectivity index (χ1) is 6.77. The van der Waals surface area contributed by atoms with E-state index < -0.39 is 0 Å². The fourth-order valence-electron chi connectivity index (χ4n) is 1.40. The van der Waals surface area contributed by atoms with Gasteiger partial charge in [-0.25, -0.2) is 0 Å². The highest BCUT2D eigenvalue weighted by molar-refractivity contribution is 14.1. The van der Waals surface area contributed by atoms with Crippen LogP contribution in [0.25, 0.3) is 10.1 Å². The van der Waals surface area contributed by atoms with Crippen LogP contribution in [0.5, 0.6) is 0 Å². The largest absolute Gasteiger partial charge is 0.298 e. The van der Waals surface area contributed by atoms with Gasteiger partial charge in [0.15, 0.2) is 6.29 Å². The molecule has 0 aliphatic rings. The molecule has 1 aromatic carbocycles. The van der Waals surface area contributed by atoms with Crippen molar-refractivity contribution < 1.29 is 4.79 Å². The zero-order valence-corrected chi connectivity index (χ0v) is 10.8. The van der Waals surface area contributed by atoms with Crippen molar-refractivity contribution in [3.63, 3.8) is 0 Å². The third kappa shape index (κ3) is 1.57. The Bertz CT molecular complexity index is 492. The maximum absolute atomic E-state index is 11.0. The number of benzene rings is 1. The van der Waals surface area contributed by atoms with Gasteiger partial charge in [0.2, 0.25) is 0 Å². The SMILES string of the molecule is O=Cc1c(CCl)c(I)cc2ccsc12. The molecule has 1 nitrogen and oxygen atoms in total. The molecule has 2 rings (SSSR count). The topological polar surface area (TPSA) is 17.1 Å². The van der Waals surface area contributed by atoms with E-state index in [1.54, 1.807) is 11.3 Å². The van der Waals surface area contributed by atoms with Crippen LogP contribution in [0.1, 0.15) is 15.9 Å². The summed E-state index contributed by atoms with van der Waals surface area (Å²) in [6.45, 7) is 0. The summed E-state index contributed by atoms with van der Waals surface area (Å²) in [5.74, 6) is 0.389.